The molecule has 0 spiro atoms. The first-order valence-corrected chi connectivity index (χ1v) is 8.62. The minimum atomic E-state index is -1.03. The second kappa shape index (κ2) is 8.12. The SMILES string of the molecule is O=C(O)c1ccc(C(=O)NC[C@@H](O)CNC2Cc3ccccc3C2)cc1. The summed E-state index contributed by atoms with van der Waals surface area (Å²) >= 11 is 0. The van der Waals surface area contributed by atoms with Gasteiger partial charge in [-0.25, -0.2) is 4.79 Å². The molecule has 0 aromatic heterocycles. The molecule has 1 atom stereocenters. The Kier molecular flexibility index (Phi) is 5.65. The number of carbonyl (C=O) groups is 2. The number of fused-ring (bicyclic) bond motifs is 1. The lowest BCUT2D eigenvalue weighted by Gasteiger charge is -2.16. The third-order valence-electron chi connectivity index (χ3n) is 4.59. The van der Waals surface area contributed by atoms with Crippen LogP contribution in [0.2, 0.25) is 0 Å². The maximum absolute atomic E-state index is 12.0. The zero-order valence-corrected chi connectivity index (χ0v) is 14.3. The number of rotatable bonds is 7. The van der Waals surface area contributed by atoms with Crippen LogP contribution in [0.3, 0.4) is 0 Å². The zero-order valence-electron chi connectivity index (χ0n) is 14.3. The van der Waals surface area contributed by atoms with Crippen LogP contribution in [0.4, 0.5) is 0 Å². The summed E-state index contributed by atoms with van der Waals surface area (Å²) in [6, 6.07) is 14.3. The van der Waals surface area contributed by atoms with E-state index in [4.69, 9.17) is 5.11 Å². The van der Waals surface area contributed by atoms with Gasteiger partial charge in [0, 0.05) is 24.7 Å². The highest BCUT2D eigenvalue weighted by molar-refractivity contribution is 5.95. The van der Waals surface area contributed by atoms with Crippen molar-refractivity contribution in [2.45, 2.75) is 25.0 Å². The van der Waals surface area contributed by atoms with Crippen LogP contribution in [0.15, 0.2) is 48.5 Å². The fraction of sp³-hybridized carbons (Fsp3) is 0.300. The fourth-order valence-electron chi connectivity index (χ4n) is 3.15. The average molecular weight is 354 g/mol. The minimum Gasteiger partial charge on any atom is -0.478 e. The second-order valence-electron chi connectivity index (χ2n) is 6.53. The topological polar surface area (TPSA) is 98.7 Å². The van der Waals surface area contributed by atoms with Gasteiger partial charge in [-0.2, -0.15) is 0 Å². The molecule has 0 fully saturated rings. The molecular formula is C20H22N2O4. The molecule has 3 rings (SSSR count). The van der Waals surface area contributed by atoms with Crippen LogP contribution in [0.25, 0.3) is 0 Å². The number of nitrogens with one attached hydrogen (secondary N) is 2. The Morgan fingerprint density at radius 2 is 1.54 bits per heavy atom. The van der Waals surface area contributed by atoms with E-state index in [1.54, 1.807) is 0 Å². The number of amides is 1. The molecule has 0 saturated carbocycles. The molecule has 0 aliphatic heterocycles. The second-order valence-corrected chi connectivity index (χ2v) is 6.53. The van der Waals surface area contributed by atoms with Gasteiger partial charge in [-0.05, 0) is 48.2 Å². The van der Waals surface area contributed by atoms with E-state index in [1.807, 2.05) is 12.1 Å². The summed E-state index contributed by atoms with van der Waals surface area (Å²) in [4.78, 5) is 22.9. The number of aromatic carboxylic acids is 1. The minimum absolute atomic E-state index is 0.128. The molecule has 136 valence electrons. The fourth-order valence-corrected chi connectivity index (χ4v) is 3.15. The monoisotopic (exact) mass is 354 g/mol. The average Bonchev–Trinajstić information content (AvgIpc) is 3.07. The number of benzene rings is 2. The first kappa shape index (κ1) is 18.1. The lowest BCUT2D eigenvalue weighted by molar-refractivity contribution is 0.0696. The summed E-state index contributed by atoms with van der Waals surface area (Å²) in [5, 5.41) is 24.9. The Morgan fingerprint density at radius 3 is 2.12 bits per heavy atom. The van der Waals surface area contributed by atoms with Crippen molar-refractivity contribution in [3.05, 3.63) is 70.8 Å². The van der Waals surface area contributed by atoms with E-state index in [-0.39, 0.29) is 18.0 Å². The van der Waals surface area contributed by atoms with E-state index < -0.39 is 12.1 Å². The summed E-state index contributed by atoms with van der Waals surface area (Å²) in [6.45, 7) is 0.531. The Balaban J connectivity index is 1.41. The van der Waals surface area contributed by atoms with Crippen molar-refractivity contribution in [3.8, 4) is 0 Å². The quantitative estimate of drug-likeness (QED) is 0.600. The maximum atomic E-state index is 12.0. The Hall–Kier alpha value is -2.70. The number of carboxylic acid groups (broad SMARTS) is 1. The van der Waals surface area contributed by atoms with Crippen molar-refractivity contribution < 1.29 is 19.8 Å². The summed E-state index contributed by atoms with van der Waals surface area (Å²) in [7, 11) is 0. The van der Waals surface area contributed by atoms with Crippen LogP contribution in [-0.2, 0) is 12.8 Å². The molecular weight excluding hydrogens is 332 g/mol. The lowest BCUT2D eigenvalue weighted by atomic mass is 10.1. The van der Waals surface area contributed by atoms with Crippen molar-refractivity contribution in [3.63, 3.8) is 0 Å². The van der Waals surface area contributed by atoms with Gasteiger partial charge in [0.2, 0.25) is 0 Å². The number of carbonyl (C=O) groups excluding carboxylic acids is 1. The van der Waals surface area contributed by atoms with Crippen molar-refractivity contribution in [1.82, 2.24) is 10.6 Å². The standard InChI is InChI=1S/C20H22N2O4/c23-18(11-21-17-9-15-3-1-2-4-16(15)10-17)12-22-19(24)13-5-7-14(8-6-13)20(25)26/h1-8,17-18,21,23H,9-12H2,(H,22,24)(H,25,26)/t18-/m0/s1. The highest BCUT2D eigenvalue weighted by atomic mass is 16.4. The van der Waals surface area contributed by atoms with Crippen LogP contribution < -0.4 is 10.6 Å². The summed E-state index contributed by atoms with van der Waals surface area (Å²) in [5.74, 6) is -1.37. The van der Waals surface area contributed by atoms with Gasteiger partial charge in [0.15, 0.2) is 0 Å². The summed E-state index contributed by atoms with van der Waals surface area (Å²) in [5.41, 5.74) is 3.18. The zero-order chi connectivity index (χ0) is 18.5. The predicted molar refractivity (Wildman–Crippen MR) is 97.4 cm³/mol. The highest BCUT2D eigenvalue weighted by Gasteiger charge is 2.21. The third kappa shape index (κ3) is 4.47. The van der Waals surface area contributed by atoms with Gasteiger partial charge in [0.1, 0.15) is 0 Å². The molecule has 6 heteroatoms. The van der Waals surface area contributed by atoms with Crippen molar-refractivity contribution in [2.75, 3.05) is 13.1 Å². The molecule has 2 aromatic carbocycles. The third-order valence-corrected chi connectivity index (χ3v) is 4.59. The van der Waals surface area contributed by atoms with Gasteiger partial charge < -0.3 is 20.8 Å². The van der Waals surface area contributed by atoms with Gasteiger partial charge in [-0.15, -0.1) is 0 Å². The first-order chi connectivity index (χ1) is 12.5. The number of aliphatic hydroxyl groups is 1. The number of aliphatic hydroxyl groups excluding tert-OH is 1. The van der Waals surface area contributed by atoms with Crippen LogP contribution >= 0.6 is 0 Å². The molecule has 1 aliphatic carbocycles. The van der Waals surface area contributed by atoms with Crippen LogP contribution in [0.1, 0.15) is 31.8 Å². The Labute approximate surface area is 151 Å². The molecule has 6 nitrogen and oxygen atoms in total. The molecule has 0 unspecified atom stereocenters. The molecule has 4 N–H and O–H groups in total. The number of hydrogen-bond acceptors (Lipinski definition) is 4. The molecule has 0 saturated heterocycles. The van der Waals surface area contributed by atoms with E-state index >= 15 is 0 Å². The number of hydrogen-bond donors (Lipinski definition) is 4. The molecule has 2 aromatic rings. The van der Waals surface area contributed by atoms with E-state index in [1.165, 1.54) is 35.4 Å². The highest BCUT2D eigenvalue weighted by Crippen LogP contribution is 2.21. The van der Waals surface area contributed by atoms with Crippen LogP contribution in [-0.4, -0.2) is 47.3 Å². The Bertz CT molecular complexity index is 764. The van der Waals surface area contributed by atoms with Gasteiger partial charge in [-0.1, -0.05) is 24.3 Å². The van der Waals surface area contributed by atoms with E-state index in [0.29, 0.717) is 18.2 Å². The van der Waals surface area contributed by atoms with Gasteiger partial charge in [0.25, 0.3) is 5.91 Å². The van der Waals surface area contributed by atoms with E-state index in [0.717, 1.165) is 12.8 Å². The van der Waals surface area contributed by atoms with Crippen molar-refractivity contribution >= 4 is 11.9 Å². The summed E-state index contributed by atoms with van der Waals surface area (Å²) < 4.78 is 0. The molecule has 0 heterocycles. The van der Waals surface area contributed by atoms with E-state index in [2.05, 4.69) is 22.8 Å². The Morgan fingerprint density at radius 1 is 0.962 bits per heavy atom. The van der Waals surface area contributed by atoms with Crippen LogP contribution in [0, 0.1) is 0 Å². The summed E-state index contributed by atoms with van der Waals surface area (Å²) in [6.07, 6.45) is 1.21. The molecule has 1 amide bonds. The normalized spacial score (nSPS) is 14.7. The van der Waals surface area contributed by atoms with Crippen molar-refractivity contribution in [1.29, 1.82) is 0 Å². The maximum Gasteiger partial charge on any atom is 0.335 e. The molecule has 1 aliphatic rings. The molecule has 26 heavy (non-hydrogen) atoms. The lowest BCUT2D eigenvalue weighted by Crippen LogP contribution is -2.41. The molecule has 0 radical (unpaired) electrons. The van der Waals surface area contributed by atoms with Crippen LogP contribution in [0.5, 0.6) is 0 Å². The van der Waals surface area contributed by atoms with E-state index in [9.17, 15) is 14.7 Å². The smallest absolute Gasteiger partial charge is 0.335 e. The largest absolute Gasteiger partial charge is 0.478 e. The molecule has 0 bridgehead atoms. The van der Waals surface area contributed by atoms with Crippen molar-refractivity contribution in [2.24, 2.45) is 0 Å². The van der Waals surface area contributed by atoms with Gasteiger partial charge >= 0.3 is 5.97 Å². The van der Waals surface area contributed by atoms with Gasteiger partial charge in [-0.3, -0.25) is 4.79 Å². The first-order valence-electron chi connectivity index (χ1n) is 8.62. The number of carboxylic acids is 1. The van der Waals surface area contributed by atoms with Gasteiger partial charge in [0.05, 0.1) is 11.7 Å². The predicted octanol–water partition coefficient (Wildman–Crippen LogP) is 1.23.